The van der Waals surface area contributed by atoms with E-state index in [2.05, 4.69) is 37.9 Å². The molecule has 0 fully saturated rings. The van der Waals surface area contributed by atoms with Crippen molar-refractivity contribution in [2.24, 2.45) is 0 Å². The highest BCUT2D eigenvalue weighted by Gasteiger charge is 2.14. The zero-order valence-electron chi connectivity index (χ0n) is 14.8. The summed E-state index contributed by atoms with van der Waals surface area (Å²) in [5, 5.41) is 1.16. The van der Waals surface area contributed by atoms with Gasteiger partial charge in [-0.3, -0.25) is 0 Å². The quantitative estimate of drug-likeness (QED) is 0.513. The van der Waals surface area contributed by atoms with E-state index in [-0.39, 0.29) is 0 Å². The van der Waals surface area contributed by atoms with Gasteiger partial charge in [-0.2, -0.15) is 9.97 Å². The third-order valence-electron chi connectivity index (χ3n) is 4.25. The number of rotatable bonds is 10. The van der Waals surface area contributed by atoms with E-state index in [1.54, 1.807) is 0 Å². The number of aromatic nitrogens is 2. The predicted molar refractivity (Wildman–Crippen MR) is 97.1 cm³/mol. The van der Waals surface area contributed by atoms with Crippen molar-refractivity contribution in [2.45, 2.75) is 71.6 Å². The molecular weight excluding hydrogens is 284 g/mol. The van der Waals surface area contributed by atoms with E-state index in [0.717, 1.165) is 23.0 Å². The highest BCUT2D eigenvalue weighted by Crippen LogP contribution is 2.28. The molecule has 0 saturated carbocycles. The molecule has 0 spiro atoms. The van der Waals surface area contributed by atoms with Crippen LogP contribution in [0.15, 0.2) is 24.3 Å². The number of para-hydroxylation sites is 1. The Balaban J connectivity index is 2.12. The Labute approximate surface area is 140 Å². The van der Waals surface area contributed by atoms with Gasteiger partial charge in [-0.15, -0.1) is 0 Å². The first kappa shape index (κ1) is 17.7. The van der Waals surface area contributed by atoms with Gasteiger partial charge < -0.3 is 4.74 Å². The molecule has 3 nitrogen and oxygen atoms in total. The highest BCUT2D eigenvalue weighted by atomic mass is 16.5. The van der Waals surface area contributed by atoms with Crippen LogP contribution in [0.5, 0.6) is 6.01 Å². The molecule has 0 saturated heterocycles. The van der Waals surface area contributed by atoms with Crippen LogP contribution in [0.1, 0.15) is 77.3 Å². The lowest BCUT2D eigenvalue weighted by Crippen LogP contribution is -2.05. The second kappa shape index (κ2) is 9.49. The van der Waals surface area contributed by atoms with E-state index < -0.39 is 0 Å². The second-order valence-corrected chi connectivity index (χ2v) is 6.36. The van der Waals surface area contributed by atoms with Gasteiger partial charge >= 0.3 is 6.01 Å². The molecule has 1 unspecified atom stereocenters. The summed E-state index contributed by atoms with van der Waals surface area (Å²) < 4.78 is 5.69. The molecule has 0 aliphatic rings. The summed E-state index contributed by atoms with van der Waals surface area (Å²) >= 11 is 0. The molecule has 0 amide bonds. The van der Waals surface area contributed by atoms with Gasteiger partial charge in [0.25, 0.3) is 0 Å². The number of fused-ring (bicyclic) bond motifs is 1. The molecule has 126 valence electrons. The van der Waals surface area contributed by atoms with E-state index >= 15 is 0 Å². The van der Waals surface area contributed by atoms with Crippen LogP contribution in [0, 0.1) is 0 Å². The molecule has 0 bridgehead atoms. The van der Waals surface area contributed by atoms with Crippen LogP contribution < -0.4 is 4.74 Å². The minimum atomic E-state index is 0.438. The molecule has 23 heavy (non-hydrogen) atoms. The van der Waals surface area contributed by atoms with Crippen LogP contribution >= 0.6 is 0 Å². The maximum absolute atomic E-state index is 5.69. The van der Waals surface area contributed by atoms with Crippen molar-refractivity contribution in [1.82, 2.24) is 9.97 Å². The average molecular weight is 314 g/mol. The summed E-state index contributed by atoms with van der Waals surface area (Å²) in [5.74, 6) is 0.438. The van der Waals surface area contributed by atoms with Gasteiger partial charge in [0.05, 0.1) is 17.8 Å². The van der Waals surface area contributed by atoms with Crippen LogP contribution in [-0.4, -0.2) is 16.6 Å². The SMILES string of the molecule is CCCCCCCC(C)c1nc(OCCC)nc2ccccc12. The van der Waals surface area contributed by atoms with Crippen LogP contribution in [0.3, 0.4) is 0 Å². The van der Waals surface area contributed by atoms with Gasteiger partial charge in [0.1, 0.15) is 0 Å². The molecule has 2 rings (SSSR count). The molecular formula is C20H30N2O. The van der Waals surface area contributed by atoms with Gasteiger partial charge in [-0.25, -0.2) is 0 Å². The van der Waals surface area contributed by atoms with Crippen LogP contribution in [0.2, 0.25) is 0 Å². The predicted octanol–water partition coefficient (Wildman–Crippen LogP) is 5.88. The molecule has 0 N–H and O–H groups in total. The average Bonchev–Trinajstić information content (AvgIpc) is 2.58. The van der Waals surface area contributed by atoms with E-state index in [0.29, 0.717) is 18.5 Å². The molecule has 0 aliphatic carbocycles. The summed E-state index contributed by atoms with van der Waals surface area (Å²) in [6.07, 6.45) is 8.73. The lowest BCUT2D eigenvalue weighted by Gasteiger charge is -2.15. The summed E-state index contributed by atoms with van der Waals surface area (Å²) in [7, 11) is 0. The first-order valence-corrected chi connectivity index (χ1v) is 9.15. The fourth-order valence-corrected chi connectivity index (χ4v) is 2.90. The monoisotopic (exact) mass is 314 g/mol. The first-order chi connectivity index (χ1) is 11.3. The summed E-state index contributed by atoms with van der Waals surface area (Å²) in [6, 6.07) is 8.79. The van der Waals surface area contributed by atoms with Crippen LogP contribution in [-0.2, 0) is 0 Å². The van der Waals surface area contributed by atoms with Gasteiger partial charge in [0.15, 0.2) is 0 Å². The maximum atomic E-state index is 5.69. The van der Waals surface area contributed by atoms with Crippen molar-refractivity contribution in [3.63, 3.8) is 0 Å². The van der Waals surface area contributed by atoms with Crippen molar-refractivity contribution >= 4 is 10.9 Å². The fraction of sp³-hybridized carbons (Fsp3) is 0.600. The maximum Gasteiger partial charge on any atom is 0.317 e. The third-order valence-corrected chi connectivity index (χ3v) is 4.25. The zero-order valence-corrected chi connectivity index (χ0v) is 14.8. The smallest absolute Gasteiger partial charge is 0.317 e. The molecule has 2 aromatic rings. The number of ether oxygens (including phenoxy) is 1. The molecule has 0 radical (unpaired) electrons. The molecule has 3 heteroatoms. The van der Waals surface area contributed by atoms with Crippen LogP contribution in [0.25, 0.3) is 10.9 Å². The van der Waals surface area contributed by atoms with E-state index in [9.17, 15) is 0 Å². The number of hydrogen-bond acceptors (Lipinski definition) is 3. The van der Waals surface area contributed by atoms with Gasteiger partial charge in [-0.05, 0) is 24.8 Å². The van der Waals surface area contributed by atoms with Crippen molar-refractivity contribution in [3.8, 4) is 6.01 Å². The lowest BCUT2D eigenvalue weighted by molar-refractivity contribution is 0.292. The van der Waals surface area contributed by atoms with Crippen molar-refractivity contribution < 1.29 is 4.74 Å². The standard InChI is InChI=1S/C20H30N2O/c1-4-6-7-8-9-12-16(3)19-17-13-10-11-14-18(17)21-20(22-19)23-15-5-2/h10-11,13-14,16H,4-9,12,15H2,1-3H3. The Morgan fingerprint density at radius 1 is 0.957 bits per heavy atom. The molecule has 1 atom stereocenters. The van der Waals surface area contributed by atoms with E-state index in [1.807, 2.05) is 12.1 Å². The van der Waals surface area contributed by atoms with E-state index in [4.69, 9.17) is 9.72 Å². The Bertz CT molecular complexity index is 597. The minimum Gasteiger partial charge on any atom is -0.463 e. The van der Waals surface area contributed by atoms with E-state index in [1.165, 1.54) is 38.5 Å². The number of hydrogen-bond donors (Lipinski definition) is 0. The third kappa shape index (κ3) is 5.19. The van der Waals surface area contributed by atoms with Crippen molar-refractivity contribution in [1.29, 1.82) is 0 Å². The zero-order chi connectivity index (χ0) is 16.5. The van der Waals surface area contributed by atoms with Gasteiger partial charge in [0.2, 0.25) is 0 Å². The van der Waals surface area contributed by atoms with Crippen LogP contribution in [0.4, 0.5) is 0 Å². The summed E-state index contributed by atoms with van der Waals surface area (Å²) in [6.45, 7) is 7.30. The second-order valence-electron chi connectivity index (χ2n) is 6.36. The lowest BCUT2D eigenvalue weighted by atomic mass is 9.96. The molecule has 1 heterocycles. The normalized spacial score (nSPS) is 12.5. The Morgan fingerprint density at radius 3 is 2.52 bits per heavy atom. The topological polar surface area (TPSA) is 35.0 Å². The Morgan fingerprint density at radius 2 is 1.74 bits per heavy atom. The summed E-state index contributed by atoms with van der Waals surface area (Å²) in [5.41, 5.74) is 2.12. The Hall–Kier alpha value is -1.64. The van der Waals surface area contributed by atoms with Gasteiger partial charge in [0, 0.05) is 5.39 Å². The molecule has 1 aromatic heterocycles. The number of unbranched alkanes of at least 4 members (excludes halogenated alkanes) is 4. The van der Waals surface area contributed by atoms with Gasteiger partial charge in [-0.1, -0.05) is 71.1 Å². The first-order valence-electron chi connectivity index (χ1n) is 9.15. The minimum absolute atomic E-state index is 0.438. The number of nitrogens with zero attached hydrogens (tertiary/aromatic N) is 2. The Kier molecular flexibility index (Phi) is 7.31. The number of benzene rings is 1. The molecule has 0 aliphatic heterocycles. The highest BCUT2D eigenvalue weighted by molar-refractivity contribution is 5.81. The van der Waals surface area contributed by atoms with Crippen molar-refractivity contribution in [2.75, 3.05) is 6.61 Å². The van der Waals surface area contributed by atoms with Crippen molar-refractivity contribution in [3.05, 3.63) is 30.0 Å². The molecule has 1 aromatic carbocycles. The summed E-state index contributed by atoms with van der Waals surface area (Å²) in [4.78, 5) is 9.26. The fourth-order valence-electron chi connectivity index (χ4n) is 2.90. The largest absolute Gasteiger partial charge is 0.463 e.